The molecule has 1 saturated heterocycles. The van der Waals surface area contributed by atoms with E-state index in [0.29, 0.717) is 5.82 Å². The van der Waals surface area contributed by atoms with Gasteiger partial charge in [0.05, 0.1) is 11.2 Å². The molecule has 0 bridgehead atoms. The predicted molar refractivity (Wildman–Crippen MR) is 132 cm³/mol. The topological polar surface area (TPSA) is 98.9 Å². The van der Waals surface area contributed by atoms with E-state index in [1.165, 1.54) is 10.5 Å². The summed E-state index contributed by atoms with van der Waals surface area (Å²) in [5.41, 5.74) is 4.72. The third-order valence-corrected chi connectivity index (χ3v) is 6.64. The van der Waals surface area contributed by atoms with E-state index < -0.39 is 6.09 Å². The maximum atomic E-state index is 11.3. The molecule has 0 radical (unpaired) electrons. The smallest absolute Gasteiger partial charge is 0.407 e. The fourth-order valence-electron chi connectivity index (χ4n) is 4.65. The van der Waals surface area contributed by atoms with Crippen LogP contribution in [0.25, 0.3) is 28.1 Å². The highest BCUT2D eigenvalue weighted by atomic mass is 16.4. The van der Waals surface area contributed by atoms with Gasteiger partial charge >= 0.3 is 6.09 Å². The van der Waals surface area contributed by atoms with Crippen LogP contribution in [0.3, 0.4) is 0 Å². The van der Waals surface area contributed by atoms with Crippen molar-refractivity contribution < 1.29 is 9.90 Å². The van der Waals surface area contributed by atoms with Crippen LogP contribution >= 0.6 is 0 Å². The lowest BCUT2D eigenvalue weighted by atomic mass is 10.0. The molecule has 34 heavy (non-hydrogen) atoms. The van der Waals surface area contributed by atoms with E-state index in [1.807, 2.05) is 28.8 Å². The number of fused-ring (bicyclic) bond motifs is 2. The van der Waals surface area contributed by atoms with E-state index >= 15 is 0 Å². The van der Waals surface area contributed by atoms with E-state index in [0.717, 1.165) is 67.0 Å². The van der Waals surface area contributed by atoms with E-state index in [4.69, 9.17) is 4.98 Å². The van der Waals surface area contributed by atoms with E-state index in [2.05, 4.69) is 51.6 Å². The van der Waals surface area contributed by atoms with Gasteiger partial charge < -0.3 is 20.2 Å². The number of anilines is 1. The molecule has 0 aliphatic carbocycles. The minimum Gasteiger partial charge on any atom is -0.465 e. The summed E-state index contributed by atoms with van der Waals surface area (Å²) in [6.45, 7) is 5.38. The lowest BCUT2D eigenvalue weighted by molar-refractivity contribution is 0.131. The molecular weight excluding hydrogens is 430 g/mol. The summed E-state index contributed by atoms with van der Waals surface area (Å²) in [6.07, 6.45) is 2.72. The van der Waals surface area contributed by atoms with Crippen LogP contribution in [0.15, 0.2) is 48.7 Å². The molecule has 1 aromatic carbocycles. The third-order valence-electron chi connectivity index (χ3n) is 6.64. The minimum absolute atomic E-state index is 0.0482. The van der Waals surface area contributed by atoms with Crippen molar-refractivity contribution in [2.75, 3.05) is 31.6 Å². The van der Waals surface area contributed by atoms with Crippen LogP contribution in [-0.4, -0.2) is 68.4 Å². The first-order valence-corrected chi connectivity index (χ1v) is 11.7. The number of hydrogen-bond acceptors (Lipinski definition) is 6. The second-order valence-electron chi connectivity index (χ2n) is 8.72. The van der Waals surface area contributed by atoms with Crippen LogP contribution in [0.2, 0.25) is 0 Å². The fraction of sp³-hybridized carbons (Fsp3) is 0.360. The van der Waals surface area contributed by atoms with Gasteiger partial charge in [0.2, 0.25) is 0 Å². The molecule has 1 fully saturated rings. The van der Waals surface area contributed by atoms with Crippen LogP contribution in [0.1, 0.15) is 25.3 Å². The Morgan fingerprint density at radius 2 is 2.00 bits per heavy atom. The molecule has 2 N–H and O–H groups in total. The van der Waals surface area contributed by atoms with Crippen molar-refractivity contribution >= 4 is 28.3 Å². The first kappa shape index (κ1) is 22.1. The van der Waals surface area contributed by atoms with Crippen LogP contribution in [0.4, 0.5) is 10.5 Å². The first-order valence-electron chi connectivity index (χ1n) is 11.7. The van der Waals surface area contributed by atoms with Crippen molar-refractivity contribution in [2.24, 2.45) is 0 Å². The number of carbonyl (C=O) groups is 1. The summed E-state index contributed by atoms with van der Waals surface area (Å²) in [5.74, 6) is 0.712. The van der Waals surface area contributed by atoms with Gasteiger partial charge in [0, 0.05) is 44.3 Å². The lowest BCUT2D eigenvalue weighted by Gasteiger charge is -2.37. The highest BCUT2D eigenvalue weighted by Gasteiger charge is 2.26. The van der Waals surface area contributed by atoms with Crippen molar-refractivity contribution in [3.8, 4) is 11.5 Å². The number of aromatic nitrogens is 4. The molecule has 5 rings (SSSR count). The summed E-state index contributed by atoms with van der Waals surface area (Å²) in [7, 11) is 1.65. The molecule has 1 amide bonds. The van der Waals surface area contributed by atoms with Gasteiger partial charge in [0.1, 0.15) is 5.69 Å². The van der Waals surface area contributed by atoms with E-state index in [1.54, 1.807) is 7.05 Å². The number of pyridine rings is 2. The molecule has 0 saturated carbocycles. The highest BCUT2D eigenvalue weighted by molar-refractivity contribution is 5.92. The number of benzene rings is 1. The maximum Gasteiger partial charge on any atom is 0.407 e. The molecule has 0 atom stereocenters. The van der Waals surface area contributed by atoms with Crippen LogP contribution in [-0.2, 0) is 6.54 Å². The van der Waals surface area contributed by atoms with Gasteiger partial charge in [0.25, 0.3) is 0 Å². The number of amides is 1. The molecule has 1 aliphatic rings. The SMILES string of the molecule is CCNCc1ccn2c(-c3ccc4cccc(N5CCC(N(C)C(=O)O)CC5)c4n3)nnc2c1. The Kier molecular flexibility index (Phi) is 6.02. The van der Waals surface area contributed by atoms with Gasteiger partial charge in [0.15, 0.2) is 11.5 Å². The quantitative estimate of drug-likeness (QED) is 0.454. The van der Waals surface area contributed by atoms with E-state index in [-0.39, 0.29) is 6.04 Å². The standard InChI is InChI=1S/C25H29N7O2/c1-3-26-16-17-9-14-32-22(15-17)28-29-24(32)20-8-7-18-5-4-6-21(23(18)27-20)31-12-10-19(11-13-31)30(2)25(33)34/h4-9,14-15,19,26H,3,10-13,16H2,1-2H3,(H,33,34). The molecule has 176 valence electrons. The molecule has 9 heteroatoms. The second-order valence-corrected chi connectivity index (χ2v) is 8.72. The fourth-order valence-corrected chi connectivity index (χ4v) is 4.65. The molecule has 3 aromatic heterocycles. The molecule has 0 spiro atoms. The molecule has 4 heterocycles. The van der Waals surface area contributed by atoms with Crippen LogP contribution in [0.5, 0.6) is 0 Å². The second kappa shape index (κ2) is 9.26. The molecule has 4 aromatic rings. The van der Waals surface area contributed by atoms with Crippen molar-refractivity contribution in [1.29, 1.82) is 0 Å². The Morgan fingerprint density at radius 1 is 1.18 bits per heavy atom. The van der Waals surface area contributed by atoms with Gasteiger partial charge in [-0.3, -0.25) is 4.40 Å². The Hall–Kier alpha value is -3.72. The van der Waals surface area contributed by atoms with E-state index in [9.17, 15) is 9.90 Å². The monoisotopic (exact) mass is 459 g/mol. The van der Waals surface area contributed by atoms with Gasteiger partial charge in [-0.25, -0.2) is 9.78 Å². The van der Waals surface area contributed by atoms with Gasteiger partial charge in [-0.05, 0) is 49.2 Å². The zero-order chi connectivity index (χ0) is 23.7. The van der Waals surface area contributed by atoms with Crippen molar-refractivity contribution in [2.45, 2.75) is 32.4 Å². The van der Waals surface area contributed by atoms with Crippen LogP contribution in [0, 0.1) is 0 Å². The number of rotatable bonds is 6. The Morgan fingerprint density at radius 3 is 2.76 bits per heavy atom. The van der Waals surface area contributed by atoms with Crippen LogP contribution < -0.4 is 10.2 Å². The normalized spacial score (nSPS) is 14.7. The third kappa shape index (κ3) is 4.14. The van der Waals surface area contributed by atoms with Gasteiger partial charge in [-0.1, -0.05) is 25.1 Å². The summed E-state index contributed by atoms with van der Waals surface area (Å²) in [6, 6.07) is 14.4. The molecule has 9 nitrogen and oxygen atoms in total. The summed E-state index contributed by atoms with van der Waals surface area (Å²) in [5, 5.41) is 22.5. The zero-order valence-corrected chi connectivity index (χ0v) is 19.5. The van der Waals surface area contributed by atoms with Gasteiger partial charge in [-0.15, -0.1) is 10.2 Å². The Bertz CT molecular complexity index is 1330. The number of nitrogens with zero attached hydrogens (tertiary/aromatic N) is 6. The summed E-state index contributed by atoms with van der Waals surface area (Å²) in [4.78, 5) is 20.1. The van der Waals surface area contributed by atoms with Crippen molar-refractivity contribution in [3.63, 3.8) is 0 Å². The largest absolute Gasteiger partial charge is 0.465 e. The van der Waals surface area contributed by atoms with Gasteiger partial charge in [-0.2, -0.15) is 0 Å². The Balaban J connectivity index is 1.45. The first-order chi connectivity index (χ1) is 16.5. The number of carboxylic acid groups (broad SMARTS) is 1. The molecule has 1 aliphatic heterocycles. The average Bonchev–Trinajstić information content (AvgIpc) is 3.29. The van der Waals surface area contributed by atoms with Crippen molar-refractivity contribution in [3.05, 3.63) is 54.2 Å². The lowest BCUT2D eigenvalue weighted by Crippen LogP contribution is -2.45. The molecule has 0 unspecified atom stereocenters. The average molecular weight is 460 g/mol. The summed E-state index contributed by atoms with van der Waals surface area (Å²) < 4.78 is 1.97. The predicted octanol–water partition coefficient (Wildman–Crippen LogP) is 3.63. The van der Waals surface area contributed by atoms with Crippen molar-refractivity contribution in [1.82, 2.24) is 29.8 Å². The number of para-hydroxylation sites is 1. The maximum absolute atomic E-state index is 11.3. The minimum atomic E-state index is -0.871. The number of hydrogen-bond donors (Lipinski definition) is 2. The Labute approximate surface area is 198 Å². The zero-order valence-electron chi connectivity index (χ0n) is 19.5. The number of nitrogens with one attached hydrogen (secondary N) is 1. The number of piperidine rings is 1. The summed E-state index contributed by atoms with van der Waals surface area (Å²) >= 11 is 0. The highest BCUT2D eigenvalue weighted by Crippen LogP contribution is 2.30. The molecular formula is C25H29N7O2.